The molecule has 1 aliphatic rings. The van der Waals surface area contributed by atoms with E-state index in [-0.39, 0.29) is 5.11 Å². The highest BCUT2D eigenvalue weighted by Crippen LogP contribution is 2.34. The van der Waals surface area contributed by atoms with Gasteiger partial charge in [-0.3, -0.25) is 14.5 Å². The van der Waals surface area contributed by atoms with Gasteiger partial charge in [0.05, 0.1) is 10.7 Å². The number of amides is 2. The molecule has 0 unspecified atom stereocenters. The highest BCUT2D eigenvalue weighted by Gasteiger charge is 2.47. The standard InChI is InChI=1S/C13H12Cl2N2O2S/c1-13(2,3)17-11(19)10(18)16(12(17)20)9-6-7(14)4-5-8(9)15/h4-6H,1-3H3. The van der Waals surface area contributed by atoms with Gasteiger partial charge in [0.25, 0.3) is 0 Å². The van der Waals surface area contributed by atoms with Crippen LogP contribution in [0.4, 0.5) is 5.69 Å². The van der Waals surface area contributed by atoms with Crippen LogP contribution in [-0.4, -0.2) is 27.4 Å². The number of carbonyl (C=O) groups excluding carboxylic acids is 2. The lowest BCUT2D eigenvalue weighted by atomic mass is 10.1. The van der Waals surface area contributed by atoms with Gasteiger partial charge in [-0.05, 0) is 51.2 Å². The number of thiocarbonyl (C=S) groups is 1. The minimum absolute atomic E-state index is 0.108. The molecule has 0 N–H and O–H groups in total. The number of hydrogen-bond donors (Lipinski definition) is 0. The smallest absolute Gasteiger partial charge is 0.275 e. The fourth-order valence-electron chi connectivity index (χ4n) is 1.93. The van der Waals surface area contributed by atoms with Crippen LogP contribution in [0.25, 0.3) is 0 Å². The maximum atomic E-state index is 12.2. The SMILES string of the molecule is CC(C)(C)N1C(=O)C(=O)N(c2cc(Cl)ccc2Cl)C1=S. The predicted molar refractivity (Wildman–Crippen MR) is 83.1 cm³/mol. The molecule has 1 fully saturated rings. The van der Waals surface area contributed by atoms with Gasteiger partial charge in [-0.15, -0.1) is 0 Å². The van der Waals surface area contributed by atoms with E-state index in [1.54, 1.807) is 32.9 Å². The molecule has 0 bridgehead atoms. The fourth-order valence-corrected chi connectivity index (χ4v) is 2.83. The van der Waals surface area contributed by atoms with Crippen LogP contribution in [0.2, 0.25) is 10.0 Å². The van der Waals surface area contributed by atoms with E-state index in [1.807, 2.05) is 0 Å². The van der Waals surface area contributed by atoms with E-state index < -0.39 is 17.4 Å². The van der Waals surface area contributed by atoms with Gasteiger partial charge in [0.2, 0.25) is 0 Å². The molecule has 2 amide bonds. The van der Waals surface area contributed by atoms with Crippen LogP contribution in [0.5, 0.6) is 0 Å². The minimum atomic E-state index is -0.728. The van der Waals surface area contributed by atoms with Crippen molar-refractivity contribution in [3.05, 3.63) is 28.2 Å². The highest BCUT2D eigenvalue weighted by atomic mass is 35.5. The average Bonchev–Trinajstić information content (AvgIpc) is 2.53. The third kappa shape index (κ3) is 2.41. The summed E-state index contributed by atoms with van der Waals surface area (Å²) in [5, 5.41) is 0.812. The second-order valence-electron chi connectivity index (χ2n) is 5.33. The quantitative estimate of drug-likeness (QED) is 0.586. The van der Waals surface area contributed by atoms with Gasteiger partial charge in [-0.1, -0.05) is 23.2 Å². The normalized spacial score (nSPS) is 16.4. The van der Waals surface area contributed by atoms with Gasteiger partial charge >= 0.3 is 11.8 Å². The van der Waals surface area contributed by atoms with E-state index >= 15 is 0 Å². The van der Waals surface area contributed by atoms with E-state index in [0.29, 0.717) is 15.7 Å². The van der Waals surface area contributed by atoms with E-state index in [1.165, 1.54) is 11.0 Å². The summed E-state index contributed by atoms with van der Waals surface area (Å²) in [5.74, 6) is -1.40. The number of benzene rings is 1. The lowest BCUT2D eigenvalue weighted by molar-refractivity contribution is -0.141. The van der Waals surface area contributed by atoms with Gasteiger partial charge < -0.3 is 0 Å². The molecule has 0 spiro atoms. The molecule has 0 saturated carbocycles. The summed E-state index contributed by atoms with van der Waals surface area (Å²) in [7, 11) is 0. The van der Waals surface area contributed by atoms with Gasteiger partial charge in [0, 0.05) is 10.6 Å². The zero-order valence-electron chi connectivity index (χ0n) is 11.1. The molecular weight excluding hydrogens is 319 g/mol. The maximum Gasteiger partial charge on any atom is 0.323 e. The number of carbonyl (C=O) groups is 2. The Morgan fingerprint density at radius 2 is 1.70 bits per heavy atom. The minimum Gasteiger partial charge on any atom is -0.275 e. The van der Waals surface area contributed by atoms with Crippen molar-refractivity contribution in [2.75, 3.05) is 4.90 Å². The van der Waals surface area contributed by atoms with Crippen molar-refractivity contribution in [2.24, 2.45) is 0 Å². The van der Waals surface area contributed by atoms with Gasteiger partial charge in [-0.25, -0.2) is 4.90 Å². The van der Waals surface area contributed by atoms with Gasteiger partial charge in [0.15, 0.2) is 5.11 Å². The molecule has 1 saturated heterocycles. The molecule has 7 heteroatoms. The Kier molecular flexibility index (Phi) is 3.79. The van der Waals surface area contributed by atoms with Crippen LogP contribution in [0.1, 0.15) is 20.8 Å². The third-order valence-electron chi connectivity index (χ3n) is 2.79. The molecule has 106 valence electrons. The maximum absolute atomic E-state index is 12.2. The van der Waals surface area contributed by atoms with Gasteiger partial charge in [-0.2, -0.15) is 0 Å². The zero-order chi connectivity index (χ0) is 15.2. The van der Waals surface area contributed by atoms with Crippen LogP contribution in [0.3, 0.4) is 0 Å². The Morgan fingerprint density at radius 1 is 1.10 bits per heavy atom. The third-order valence-corrected chi connectivity index (χ3v) is 3.71. The molecule has 1 aliphatic heterocycles. The molecule has 1 aromatic carbocycles. The summed E-state index contributed by atoms with van der Waals surface area (Å²) in [6.45, 7) is 5.40. The summed E-state index contributed by atoms with van der Waals surface area (Å²) in [6.07, 6.45) is 0. The molecule has 0 aliphatic carbocycles. The fraction of sp³-hybridized carbons (Fsp3) is 0.308. The molecule has 4 nitrogen and oxygen atoms in total. The molecule has 0 radical (unpaired) electrons. The van der Waals surface area contributed by atoms with Gasteiger partial charge in [0.1, 0.15) is 0 Å². The topological polar surface area (TPSA) is 40.6 Å². The first-order valence-corrected chi connectivity index (χ1v) is 6.98. The summed E-state index contributed by atoms with van der Waals surface area (Å²) in [5.41, 5.74) is -0.279. The lowest BCUT2D eigenvalue weighted by Gasteiger charge is -2.31. The van der Waals surface area contributed by atoms with Crippen molar-refractivity contribution in [3.63, 3.8) is 0 Å². The Labute approximate surface area is 132 Å². The first-order valence-electron chi connectivity index (χ1n) is 5.82. The van der Waals surface area contributed by atoms with Crippen molar-refractivity contribution in [1.29, 1.82) is 0 Å². The summed E-state index contributed by atoms with van der Waals surface area (Å²) >= 11 is 17.2. The monoisotopic (exact) mass is 330 g/mol. The number of halogens is 2. The van der Waals surface area contributed by atoms with Crippen molar-refractivity contribution >= 4 is 58.0 Å². The van der Waals surface area contributed by atoms with E-state index in [9.17, 15) is 9.59 Å². The number of anilines is 1. The van der Waals surface area contributed by atoms with Crippen molar-refractivity contribution in [3.8, 4) is 0 Å². The van der Waals surface area contributed by atoms with Crippen molar-refractivity contribution in [1.82, 2.24) is 4.90 Å². The Bertz CT molecular complexity index is 625. The summed E-state index contributed by atoms with van der Waals surface area (Å²) in [6, 6.07) is 4.66. The molecule has 1 aromatic rings. The van der Waals surface area contributed by atoms with E-state index in [0.717, 1.165) is 4.90 Å². The second kappa shape index (κ2) is 4.98. The van der Waals surface area contributed by atoms with Crippen LogP contribution >= 0.6 is 35.4 Å². The Hall–Kier alpha value is -1.17. The van der Waals surface area contributed by atoms with Crippen LogP contribution < -0.4 is 4.90 Å². The average molecular weight is 331 g/mol. The Morgan fingerprint density at radius 3 is 2.20 bits per heavy atom. The van der Waals surface area contributed by atoms with Crippen LogP contribution in [-0.2, 0) is 9.59 Å². The highest BCUT2D eigenvalue weighted by molar-refractivity contribution is 7.80. The number of nitrogens with zero attached hydrogens (tertiary/aromatic N) is 2. The van der Waals surface area contributed by atoms with Crippen molar-refractivity contribution in [2.45, 2.75) is 26.3 Å². The van der Waals surface area contributed by atoms with Crippen LogP contribution in [0, 0.1) is 0 Å². The molecule has 0 aromatic heterocycles. The summed E-state index contributed by atoms with van der Waals surface area (Å²) in [4.78, 5) is 26.7. The van der Waals surface area contributed by atoms with E-state index in [2.05, 4.69) is 0 Å². The van der Waals surface area contributed by atoms with Crippen LogP contribution in [0.15, 0.2) is 18.2 Å². The molecule has 0 atom stereocenters. The molecular formula is C13H12Cl2N2O2S. The first kappa shape index (κ1) is 15.2. The number of rotatable bonds is 1. The predicted octanol–water partition coefficient (Wildman–Crippen LogP) is 3.25. The molecule has 2 rings (SSSR count). The van der Waals surface area contributed by atoms with E-state index in [4.69, 9.17) is 35.4 Å². The lowest BCUT2D eigenvalue weighted by Crippen LogP contribution is -2.46. The first-order chi connectivity index (χ1) is 9.14. The Balaban J connectivity index is 2.54. The summed E-state index contributed by atoms with van der Waals surface area (Å²) < 4.78 is 0. The zero-order valence-corrected chi connectivity index (χ0v) is 13.4. The molecule has 1 heterocycles. The largest absolute Gasteiger partial charge is 0.323 e. The molecule has 20 heavy (non-hydrogen) atoms. The second-order valence-corrected chi connectivity index (χ2v) is 6.54. The number of hydrogen-bond acceptors (Lipinski definition) is 3. The van der Waals surface area contributed by atoms with Crippen molar-refractivity contribution < 1.29 is 9.59 Å².